The van der Waals surface area contributed by atoms with Crippen LogP contribution in [0.2, 0.25) is 0 Å². The lowest BCUT2D eigenvalue weighted by atomic mass is 10.0. The minimum Gasteiger partial charge on any atom is -0.508 e. The molecule has 0 saturated carbocycles. The van der Waals surface area contributed by atoms with Gasteiger partial charge in [0.1, 0.15) is 5.75 Å². The lowest BCUT2D eigenvalue weighted by Gasteiger charge is -2.05. The summed E-state index contributed by atoms with van der Waals surface area (Å²) in [6, 6.07) is 7.64. The maximum Gasteiger partial charge on any atom is 0.115 e. The van der Waals surface area contributed by atoms with E-state index in [2.05, 4.69) is 13.8 Å². The van der Waals surface area contributed by atoms with Crippen molar-refractivity contribution in [2.24, 2.45) is 5.92 Å². The van der Waals surface area contributed by atoms with E-state index in [4.69, 9.17) is 0 Å². The first-order valence-corrected chi connectivity index (χ1v) is 8.96. The van der Waals surface area contributed by atoms with Gasteiger partial charge in [0.2, 0.25) is 0 Å². The molecule has 0 bridgehead atoms. The molecule has 1 heteroatoms. The van der Waals surface area contributed by atoms with Gasteiger partial charge in [-0.1, -0.05) is 83.8 Å². The molecule has 0 fully saturated rings. The predicted octanol–water partition coefficient (Wildman–Crippen LogP) is 6.49. The zero-order valence-corrected chi connectivity index (χ0v) is 14.1. The highest BCUT2D eigenvalue weighted by molar-refractivity contribution is 5.25. The Labute approximate surface area is 131 Å². The van der Waals surface area contributed by atoms with E-state index in [1.807, 2.05) is 12.1 Å². The molecule has 1 aromatic carbocycles. The minimum atomic E-state index is 0.368. The first-order valence-electron chi connectivity index (χ1n) is 8.96. The van der Waals surface area contributed by atoms with Crippen LogP contribution in [0.1, 0.15) is 83.6 Å². The van der Waals surface area contributed by atoms with Gasteiger partial charge in [-0.3, -0.25) is 0 Å². The molecular formula is C20H34O. The maximum atomic E-state index is 9.23. The molecular weight excluding hydrogens is 256 g/mol. The quantitative estimate of drug-likeness (QED) is 0.436. The van der Waals surface area contributed by atoms with Gasteiger partial charge >= 0.3 is 0 Å². The number of aryl methyl sites for hydroxylation is 1. The molecule has 0 aliphatic carbocycles. The lowest BCUT2D eigenvalue weighted by Crippen LogP contribution is -1.88. The average Bonchev–Trinajstić information content (AvgIpc) is 2.46. The largest absolute Gasteiger partial charge is 0.508 e. The molecule has 1 N–H and O–H groups in total. The third-order valence-corrected chi connectivity index (χ3v) is 4.18. The van der Waals surface area contributed by atoms with Crippen LogP contribution in [-0.2, 0) is 6.42 Å². The molecule has 0 amide bonds. The van der Waals surface area contributed by atoms with Crippen LogP contribution >= 0.6 is 0 Å². The molecule has 0 heterocycles. The summed E-state index contributed by atoms with van der Waals surface area (Å²) in [6.45, 7) is 4.64. The molecule has 0 radical (unpaired) electrons. The van der Waals surface area contributed by atoms with Crippen LogP contribution in [0.3, 0.4) is 0 Å². The molecule has 21 heavy (non-hydrogen) atoms. The predicted molar refractivity (Wildman–Crippen MR) is 92.8 cm³/mol. The molecule has 1 rings (SSSR count). The number of benzene rings is 1. The van der Waals surface area contributed by atoms with E-state index < -0.39 is 0 Å². The molecule has 0 saturated heterocycles. The Morgan fingerprint density at radius 2 is 1.19 bits per heavy atom. The van der Waals surface area contributed by atoms with E-state index in [1.54, 1.807) is 12.1 Å². The van der Waals surface area contributed by atoms with Crippen molar-refractivity contribution >= 4 is 0 Å². The third-order valence-electron chi connectivity index (χ3n) is 4.18. The number of hydrogen-bond donors (Lipinski definition) is 1. The Hall–Kier alpha value is -0.980. The molecule has 0 aliphatic heterocycles. The van der Waals surface area contributed by atoms with Crippen LogP contribution in [0.5, 0.6) is 5.75 Å². The summed E-state index contributed by atoms with van der Waals surface area (Å²) in [5.41, 5.74) is 1.35. The smallest absolute Gasteiger partial charge is 0.115 e. The molecule has 0 atom stereocenters. The van der Waals surface area contributed by atoms with E-state index in [1.165, 1.54) is 69.8 Å². The van der Waals surface area contributed by atoms with E-state index in [0.29, 0.717) is 5.75 Å². The van der Waals surface area contributed by atoms with Crippen LogP contribution in [0.4, 0.5) is 0 Å². The Bertz CT molecular complexity index is 339. The summed E-state index contributed by atoms with van der Waals surface area (Å²) in [5.74, 6) is 1.24. The highest BCUT2D eigenvalue weighted by Gasteiger charge is 1.96. The van der Waals surface area contributed by atoms with Crippen molar-refractivity contribution in [1.82, 2.24) is 0 Å². The van der Waals surface area contributed by atoms with Crippen LogP contribution in [0.25, 0.3) is 0 Å². The van der Waals surface area contributed by atoms with Gasteiger partial charge in [0.15, 0.2) is 0 Å². The average molecular weight is 290 g/mol. The molecule has 1 nitrogen and oxygen atoms in total. The summed E-state index contributed by atoms with van der Waals surface area (Å²) in [5, 5.41) is 9.23. The monoisotopic (exact) mass is 290 g/mol. The summed E-state index contributed by atoms with van der Waals surface area (Å²) in [7, 11) is 0. The van der Waals surface area contributed by atoms with Crippen LogP contribution in [0, 0.1) is 5.92 Å². The van der Waals surface area contributed by atoms with Gasteiger partial charge in [-0.05, 0) is 36.5 Å². The second-order valence-corrected chi connectivity index (χ2v) is 6.78. The van der Waals surface area contributed by atoms with Gasteiger partial charge in [-0.25, -0.2) is 0 Å². The number of unbranched alkanes of at least 4 members (excludes halogenated alkanes) is 8. The van der Waals surface area contributed by atoms with Gasteiger partial charge in [0, 0.05) is 0 Å². The van der Waals surface area contributed by atoms with Gasteiger partial charge in [0.05, 0.1) is 0 Å². The normalized spacial score (nSPS) is 11.2. The SMILES string of the molecule is CC(C)CCCCCCCCCCCc1ccc(O)cc1. The van der Waals surface area contributed by atoms with Crippen LogP contribution in [0.15, 0.2) is 24.3 Å². The second-order valence-electron chi connectivity index (χ2n) is 6.78. The van der Waals surface area contributed by atoms with Crippen molar-refractivity contribution in [3.63, 3.8) is 0 Å². The number of phenols is 1. The Morgan fingerprint density at radius 1 is 0.714 bits per heavy atom. The fourth-order valence-corrected chi connectivity index (χ4v) is 2.78. The Kier molecular flexibility index (Phi) is 10.0. The Balaban J connectivity index is 1.83. The van der Waals surface area contributed by atoms with E-state index in [9.17, 15) is 5.11 Å². The van der Waals surface area contributed by atoms with Crippen molar-refractivity contribution < 1.29 is 5.11 Å². The minimum absolute atomic E-state index is 0.368. The van der Waals surface area contributed by atoms with Crippen molar-refractivity contribution in [3.05, 3.63) is 29.8 Å². The maximum absolute atomic E-state index is 9.23. The summed E-state index contributed by atoms with van der Waals surface area (Å²) in [4.78, 5) is 0. The number of aromatic hydroxyl groups is 1. The summed E-state index contributed by atoms with van der Waals surface area (Å²) >= 11 is 0. The first kappa shape index (κ1) is 18.1. The Morgan fingerprint density at radius 3 is 1.71 bits per heavy atom. The van der Waals surface area contributed by atoms with Gasteiger partial charge in [-0.2, -0.15) is 0 Å². The molecule has 0 aromatic heterocycles. The highest BCUT2D eigenvalue weighted by Crippen LogP contribution is 2.15. The van der Waals surface area contributed by atoms with Crippen LogP contribution in [-0.4, -0.2) is 5.11 Å². The molecule has 0 unspecified atom stereocenters. The lowest BCUT2D eigenvalue weighted by molar-refractivity contribution is 0.475. The standard InChI is InChI=1S/C20H34O/c1-18(2)12-10-8-6-4-3-5-7-9-11-13-19-14-16-20(21)17-15-19/h14-18,21H,3-13H2,1-2H3. The van der Waals surface area contributed by atoms with Gasteiger partial charge in [-0.15, -0.1) is 0 Å². The van der Waals surface area contributed by atoms with E-state index in [-0.39, 0.29) is 0 Å². The number of hydrogen-bond acceptors (Lipinski definition) is 1. The summed E-state index contributed by atoms with van der Waals surface area (Å²) < 4.78 is 0. The van der Waals surface area contributed by atoms with E-state index in [0.717, 1.165) is 12.3 Å². The first-order chi connectivity index (χ1) is 10.2. The van der Waals surface area contributed by atoms with E-state index >= 15 is 0 Å². The zero-order valence-electron chi connectivity index (χ0n) is 14.1. The third kappa shape index (κ3) is 10.4. The molecule has 0 spiro atoms. The fraction of sp³-hybridized carbons (Fsp3) is 0.700. The van der Waals surface area contributed by atoms with Crippen molar-refractivity contribution in [2.75, 3.05) is 0 Å². The molecule has 120 valence electrons. The second kappa shape index (κ2) is 11.7. The number of phenolic OH excluding ortho intramolecular Hbond substituents is 1. The topological polar surface area (TPSA) is 20.2 Å². The molecule has 1 aromatic rings. The summed E-state index contributed by atoms with van der Waals surface area (Å²) in [6.07, 6.45) is 15.1. The van der Waals surface area contributed by atoms with Crippen molar-refractivity contribution in [2.45, 2.75) is 84.5 Å². The fourth-order valence-electron chi connectivity index (χ4n) is 2.78. The zero-order chi connectivity index (χ0) is 15.3. The van der Waals surface area contributed by atoms with Crippen LogP contribution < -0.4 is 0 Å². The van der Waals surface area contributed by atoms with Gasteiger partial charge < -0.3 is 5.11 Å². The highest BCUT2D eigenvalue weighted by atomic mass is 16.3. The number of rotatable bonds is 12. The molecule has 0 aliphatic rings. The van der Waals surface area contributed by atoms with Crippen molar-refractivity contribution in [1.29, 1.82) is 0 Å². The van der Waals surface area contributed by atoms with Crippen molar-refractivity contribution in [3.8, 4) is 5.75 Å². The van der Waals surface area contributed by atoms with Gasteiger partial charge in [0.25, 0.3) is 0 Å².